The molecule has 1 amide bonds. The first kappa shape index (κ1) is 20.0. The Morgan fingerprint density at radius 3 is 2.68 bits per heavy atom. The molecule has 3 aromatic rings. The third-order valence-corrected chi connectivity index (χ3v) is 5.93. The van der Waals surface area contributed by atoms with Gasteiger partial charge >= 0.3 is 143 Å². The second-order valence-corrected chi connectivity index (χ2v) is 8.94. The number of anilines is 1. The van der Waals surface area contributed by atoms with Crippen LogP contribution in [0, 0.1) is 0 Å². The molecular weight excluding hydrogens is 425 g/mol. The molecule has 31 heavy (non-hydrogen) atoms. The molecule has 0 unspecified atom stereocenters. The Balaban J connectivity index is 1.37. The van der Waals surface area contributed by atoms with Crippen molar-refractivity contribution in [3.63, 3.8) is 0 Å². The number of benzene rings is 1. The van der Waals surface area contributed by atoms with Crippen LogP contribution in [-0.2, 0) is 22.7 Å². The minimum atomic E-state index is -4.68. The van der Waals surface area contributed by atoms with Gasteiger partial charge < -0.3 is 0 Å². The maximum absolute atomic E-state index is 12.3. The Morgan fingerprint density at radius 2 is 2.00 bits per heavy atom. The standard InChI is InChI=1S/C19H20N5O6P/c1-23-9-15(21-22-23)14-4-2-12(8-20-14)11-3-5-16-13(6-11)7-17-18(10-29-31(26,27)28)30-19(25)24(16)17/h2-6,8-9,17-18,26-28,31H,7,10H2,1H3/t17-,18-/m0/s1. The van der Waals surface area contributed by atoms with Crippen LogP contribution in [-0.4, -0.2) is 59.5 Å². The van der Waals surface area contributed by atoms with E-state index in [-0.39, 0.29) is 12.6 Å². The van der Waals surface area contributed by atoms with Crippen molar-refractivity contribution in [2.45, 2.75) is 18.6 Å². The molecule has 2 atom stereocenters. The Labute approximate surface area is 177 Å². The van der Waals surface area contributed by atoms with Gasteiger partial charge in [-0.25, -0.2) is 0 Å². The predicted molar refractivity (Wildman–Crippen MR) is 111 cm³/mol. The van der Waals surface area contributed by atoms with Gasteiger partial charge in [0.15, 0.2) is 0 Å². The van der Waals surface area contributed by atoms with Gasteiger partial charge in [0, 0.05) is 7.05 Å². The van der Waals surface area contributed by atoms with E-state index >= 15 is 0 Å². The van der Waals surface area contributed by atoms with Crippen molar-refractivity contribution in [3.8, 4) is 22.5 Å². The average Bonchev–Trinajstić information content (AvgIpc) is 3.41. The molecule has 2 aliphatic rings. The van der Waals surface area contributed by atoms with Crippen molar-refractivity contribution in [2.24, 2.45) is 7.05 Å². The fourth-order valence-electron chi connectivity index (χ4n) is 3.97. The van der Waals surface area contributed by atoms with Crippen molar-refractivity contribution in [1.82, 2.24) is 20.0 Å². The summed E-state index contributed by atoms with van der Waals surface area (Å²) in [6.07, 6.45) is 2.84. The van der Waals surface area contributed by atoms with Gasteiger partial charge in [-0.15, -0.1) is 5.10 Å². The molecule has 0 bridgehead atoms. The second kappa shape index (κ2) is 7.33. The van der Waals surface area contributed by atoms with Gasteiger partial charge in [-0.2, -0.15) is 0 Å². The van der Waals surface area contributed by atoms with Crippen molar-refractivity contribution in [1.29, 1.82) is 0 Å². The molecule has 0 radical (unpaired) electrons. The van der Waals surface area contributed by atoms with E-state index in [2.05, 4.69) is 15.3 Å². The number of rotatable bonds is 5. The Bertz CT molecular complexity index is 1150. The zero-order valence-corrected chi connectivity index (χ0v) is 17.4. The number of pyridine rings is 1. The van der Waals surface area contributed by atoms with Crippen LogP contribution in [0.5, 0.6) is 0 Å². The first-order valence-electron chi connectivity index (χ1n) is 9.55. The van der Waals surface area contributed by atoms with Gasteiger partial charge in [-0.05, 0) is 0 Å². The number of carbonyl (C=O) groups excluding carboxylic acids is 1. The Morgan fingerprint density at radius 1 is 1.19 bits per heavy atom. The minimum Gasteiger partial charge on any atom is -0.129 e. The molecule has 0 aliphatic carbocycles. The van der Waals surface area contributed by atoms with Crippen molar-refractivity contribution in [2.75, 3.05) is 11.5 Å². The summed E-state index contributed by atoms with van der Waals surface area (Å²) in [5.74, 6) is 0. The summed E-state index contributed by atoms with van der Waals surface area (Å²) in [6, 6.07) is 9.25. The van der Waals surface area contributed by atoms with Crippen LogP contribution in [0.25, 0.3) is 22.5 Å². The first-order chi connectivity index (χ1) is 14.8. The molecule has 11 nitrogen and oxygen atoms in total. The Hall–Kier alpha value is -2.95. The van der Waals surface area contributed by atoms with E-state index in [1.54, 1.807) is 24.1 Å². The third-order valence-electron chi connectivity index (χ3n) is 5.38. The number of hydrogen-bond acceptors (Lipinski definition) is 9. The van der Waals surface area contributed by atoms with E-state index in [9.17, 15) is 4.79 Å². The van der Waals surface area contributed by atoms with Crippen molar-refractivity contribution in [3.05, 3.63) is 48.3 Å². The topological polar surface area (TPSA) is 143 Å². The average molecular weight is 445 g/mol. The molecule has 2 aliphatic heterocycles. The Kier molecular flexibility index (Phi) is 4.72. The van der Waals surface area contributed by atoms with Crippen molar-refractivity contribution < 1.29 is 28.7 Å². The summed E-state index contributed by atoms with van der Waals surface area (Å²) < 4.78 is 11.6. The van der Waals surface area contributed by atoms with Crippen molar-refractivity contribution >= 4 is 20.0 Å². The molecule has 5 rings (SSSR count). The van der Waals surface area contributed by atoms with E-state index in [0.29, 0.717) is 12.1 Å². The fraction of sp³-hybridized carbons (Fsp3) is 0.263. The van der Waals surface area contributed by atoms with E-state index in [1.165, 1.54) is 4.90 Å². The number of carbonyl (C=O) groups is 1. The van der Waals surface area contributed by atoms with E-state index in [0.717, 1.165) is 28.1 Å². The van der Waals surface area contributed by atoms with Gasteiger partial charge in [-0.1, -0.05) is 5.21 Å². The summed E-state index contributed by atoms with van der Waals surface area (Å²) in [5.41, 5.74) is 4.98. The first-order valence-corrected chi connectivity index (χ1v) is 11.3. The molecule has 12 heteroatoms. The van der Waals surface area contributed by atoms with E-state index < -0.39 is 20.4 Å². The van der Waals surface area contributed by atoms with Crippen LogP contribution in [0.4, 0.5) is 10.5 Å². The smallest absolute Gasteiger partial charge is 0.0670 e. The summed E-state index contributed by atoms with van der Waals surface area (Å²) >= 11 is 0. The van der Waals surface area contributed by atoms with Gasteiger partial charge in [0.2, 0.25) is 0 Å². The summed E-state index contributed by atoms with van der Waals surface area (Å²) in [6.45, 7) is -0.294. The molecule has 1 aromatic carbocycles. The number of fused-ring (bicyclic) bond motifs is 3. The molecule has 0 spiro atoms. The van der Waals surface area contributed by atoms with Gasteiger partial charge in [-0.3, -0.25) is 4.68 Å². The molecule has 0 saturated carbocycles. The molecule has 1 saturated heterocycles. The van der Waals surface area contributed by atoms with Gasteiger partial charge in [0.1, 0.15) is 5.69 Å². The van der Waals surface area contributed by atoms with Crippen LogP contribution >= 0.6 is 8.17 Å². The van der Waals surface area contributed by atoms with Crippen LogP contribution in [0.3, 0.4) is 0 Å². The summed E-state index contributed by atoms with van der Waals surface area (Å²) in [5, 5.41) is 7.97. The molecular formula is C19H20N5O6P. The quantitative estimate of drug-likeness (QED) is 0.494. The zero-order valence-electron chi connectivity index (χ0n) is 16.4. The van der Waals surface area contributed by atoms with Crippen LogP contribution in [0.2, 0.25) is 0 Å². The second-order valence-electron chi connectivity index (χ2n) is 7.50. The van der Waals surface area contributed by atoms with Crippen LogP contribution in [0.15, 0.2) is 42.7 Å². The number of amides is 1. The summed E-state index contributed by atoms with van der Waals surface area (Å²) in [4.78, 5) is 45.6. The number of ether oxygens (including phenoxy) is 1. The maximum atomic E-state index is 12.3. The van der Waals surface area contributed by atoms with E-state index in [1.807, 2.05) is 30.3 Å². The SMILES string of the molecule is Cn1cc(-c2ccc(-c3ccc4c(c3)C[C@H]3[C@H](CO[PH](O)(O)O)OC(=O)N43)cn2)nn1. The number of hydrogen-bond donors (Lipinski definition) is 3. The van der Waals surface area contributed by atoms with Gasteiger partial charge in [0.25, 0.3) is 0 Å². The predicted octanol–water partition coefficient (Wildman–Crippen LogP) is 1.20. The minimum absolute atomic E-state index is 0.294. The van der Waals surface area contributed by atoms with Gasteiger partial charge in [0.05, 0.1) is 6.20 Å². The number of aryl methyl sites for hydroxylation is 1. The molecule has 162 valence electrons. The summed E-state index contributed by atoms with van der Waals surface area (Å²) in [7, 11) is -2.88. The number of cyclic esters (lactones) is 1. The normalized spacial score (nSPS) is 20.5. The molecule has 1 fully saturated rings. The molecule has 3 N–H and O–H groups in total. The molecule has 2 aromatic heterocycles. The maximum Gasteiger partial charge on any atom is -0.0670 e. The number of aromatic nitrogens is 4. The third kappa shape index (κ3) is 3.78. The monoisotopic (exact) mass is 445 g/mol. The zero-order chi connectivity index (χ0) is 21.8. The largest absolute Gasteiger partial charge is 0.129 e. The van der Waals surface area contributed by atoms with E-state index in [4.69, 9.17) is 23.9 Å². The van der Waals surface area contributed by atoms with Crippen LogP contribution < -0.4 is 4.90 Å². The molecule has 4 heterocycles. The van der Waals surface area contributed by atoms with Crippen LogP contribution in [0.1, 0.15) is 5.56 Å². The fourth-order valence-corrected chi connectivity index (χ4v) is 4.36. The number of nitrogens with zero attached hydrogens (tertiary/aromatic N) is 5.